The highest BCUT2D eigenvalue weighted by Crippen LogP contribution is 2.38. The van der Waals surface area contributed by atoms with Crippen LogP contribution in [0.4, 0.5) is 10.5 Å². The highest BCUT2D eigenvalue weighted by molar-refractivity contribution is 9.10. The SMILES string of the molecule is O=C1S/C(=C/c2cc(Br)ccc2OCc2ccc(Cl)cc2Cl)C(=O)N1c1ccc(Cl)cc1. The van der Waals surface area contributed by atoms with Crippen LogP contribution < -0.4 is 9.64 Å². The largest absolute Gasteiger partial charge is 0.488 e. The second-order valence-electron chi connectivity index (χ2n) is 6.70. The minimum atomic E-state index is -0.408. The number of halogens is 4. The average molecular weight is 570 g/mol. The number of anilines is 1. The van der Waals surface area contributed by atoms with Crippen LogP contribution in [0.5, 0.6) is 5.75 Å². The van der Waals surface area contributed by atoms with E-state index in [1.54, 1.807) is 54.6 Å². The molecule has 0 spiro atoms. The van der Waals surface area contributed by atoms with Gasteiger partial charge in [-0.3, -0.25) is 9.59 Å². The number of hydrogen-bond acceptors (Lipinski definition) is 4. The fourth-order valence-electron chi connectivity index (χ4n) is 2.98. The summed E-state index contributed by atoms with van der Waals surface area (Å²) in [7, 11) is 0. The van der Waals surface area contributed by atoms with E-state index in [2.05, 4.69) is 15.9 Å². The highest BCUT2D eigenvalue weighted by Gasteiger charge is 2.36. The van der Waals surface area contributed by atoms with Crippen molar-refractivity contribution < 1.29 is 14.3 Å². The second-order valence-corrected chi connectivity index (χ2v) is 9.89. The van der Waals surface area contributed by atoms with Crippen LogP contribution in [-0.4, -0.2) is 11.1 Å². The molecule has 4 nitrogen and oxygen atoms in total. The van der Waals surface area contributed by atoms with Crippen molar-refractivity contribution in [2.45, 2.75) is 6.61 Å². The lowest BCUT2D eigenvalue weighted by Gasteiger charge is -2.13. The molecule has 0 aliphatic carbocycles. The molecule has 1 aliphatic rings. The Morgan fingerprint density at radius 3 is 2.38 bits per heavy atom. The predicted molar refractivity (Wildman–Crippen MR) is 135 cm³/mol. The molecular formula is C23H13BrCl3NO3S. The van der Waals surface area contributed by atoms with Crippen molar-refractivity contribution >= 4 is 85.4 Å². The van der Waals surface area contributed by atoms with Gasteiger partial charge in [0.15, 0.2) is 0 Å². The van der Waals surface area contributed by atoms with Gasteiger partial charge in [0.2, 0.25) is 0 Å². The van der Waals surface area contributed by atoms with Crippen molar-refractivity contribution in [3.63, 3.8) is 0 Å². The van der Waals surface area contributed by atoms with Gasteiger partial charge in [-0.1, -0.05) is 56.8 Å². The molecule has 3 aromatic carbocycles. The van der Waals surface area contributed by atoms with Crippen LogP contribution in [-0.2, 0) is 11.4 Å². The summed E-state index contributed by atoms with van der Waals surface area (Å²) in [6.45, 7) is 0.213. The van der Waals surface area contributed by atoms with E-state index in [4.69, 9.17) is 39.5 Å². The molecule has 0 aromatic heterocycles. The third kappa shape index (κ3) is 5.16. The van der Waals surface area contributed by atoms with E-state index in [-0.39, 0.29) is 16.8 Å². The maximum Gasteiger partial charge on any atom is 0.298 e. The van der Waals surface area contributed by atoms with Gasteiger partial charge in [-0.25, -0.2) is 4.90 Å². The Morgan fingerprint density at radius 2 is 1.66 bits per heavy atom. The first kappa shape index (κ1) is 23.2. The predicted octanol–water partition coefficient (Wildman–Crippen LogP) is 8.23. The Bertz CT molecular complexity index is 1250. The van der Waals surface area contributed by atoms with Crippen molar-refractivity contribution in [3.8, 4) is 5.75 Å². The van der Waals surface area contributed by atoms with Crippen molar-refractivity contribution in [2.24, 2.45) is 0 Å². The first-order valence-corrected chi connectivity index (χ1v) is 12.0. The van der Waals surface area contributed by atoms with E-state index in [1.807, 2.05) is 12.1 Å². The van der Waals surface area contributed by atoms with E-state index in [9.17, 15) is 9.59 Å². The van der Waals surface area contributed by atoms with Crippen LogP contribution in [0, 0.1) is 0 Å². The summed E-state index contributed by atoms with van der Waals surface area (Å²) in [4.78, 5) is 26.9. The number of thioether (sulfide) groups is 1. The molecule has 3 aromatic rings. The maximum atomic E-state index is 13.0. The lowest BCUT2D eigenvalue weighted by molar-refractivity contribution is -0.113. The van der Waals surface area contributed by atoms with Gasteiger partial charge in [-0.2, -0.15) is 0 Å². The summed E-state index contributed by atoms with van der Waals surface area (Å²) in [6, 6.07) is 17.1. The van der Waals surface area contributed by atoms with Crippen LogP contribution in [0.1, 0.15) is 11.1 Å². The summed E-state index contributed by atoms with van der Waals surface area (Å²) >= 11 is 22.4. The number of carbonyl (C=O) groups is 2. The molecule has 1 saturated heterocycles. The topological polar surface area (TPSA) is 46.6 Å². The summed E-state index contributed by atoms with van der Waals surface area (Å²) in [5, 5.41) is 1.18. The van der Waals surface area contributed by atoms with Gasteiger partial charge in [-0.05, 0) is 72.4 Å². The monoisotopic (exact) mass is 567 g/mol. The number of hydrogen-bond donors (Lipinski definition) is 0. The van der Waals surface area contributed by atoms with Crippen molar-refractivity contribution in [1.29, 1.82) is 0 Å². The first-order valence-electron chi connectivity index (χ1n) is 9.21. The van der Waals surface area contributed by atoms with Gasteiger partial charge in [0.1, 0.15) is 12.4 Å². The molecule has 162 valence electrons. The molecule has 9 heteroatoms. The summed E-state index contributed by atoms with van der Waals surface area (Å²) in [6.07, 6.45) is 1.64. The summed E-state index contributed by atoms with van der Waals surface area (Å²) < 4.78 is 6.77. The van der Waals surface area contributed by atoms with E-state index < -0.39 is 5.91 Å². The number of nitrogens with zero attached hydrogens (tertiary/aromatic N) is 1. The highest BCUT2D eigenvalue weighted by atomic mass is 79.9. The minimum absolute atomic E-state index is 0.213. The molecule has 0 unspecified atom stereocenters. The number of rotatable bonds is 5. The van der Waals surface area contributed by atoms with Crippen molar-refractivity contribution in [2.75, 3.05) is 4.90 Å². The maximum absolute atomic E-state index is 13.0. The van der Waals surface area contributed by atoms with Gasteiger partial charge in [0.05, 0.1) is 10.6 Å². The number of carbonyl (C=O) groups excluding carboxylic acids is 2. The zero-order chi connectivity index (χ0) is 22.8. The van der Waals surface area contributed by atoms with Crippen LogP contribution >= 0.6 is 62.5 Å². The second kappa shape index (κ2) is 9.89. The smallest absolute Gasteiger partial charge is 0.298 e. The normalized spacial score (nSPS) is 15.0. The first-order chi connectivity index (χ1) is 15.3. The molecule has 1 heterocycles. The van der Waals surface area contributed by atoms with E-state index in [0.29, 0.717) is 32.1 Å². The Balaban J connectivity index is 1.60. The van der Waals surface area contributed by atoms with Gasteiger partial charge >= 0.3 is 0 Å². The number of amides is 2. The molecule has 32 heavy (non-hydrogen) atoms. The molecule has 0 radical (unpaired) electrons. The molecular weight excluding hydrogens is 557 g/mol. The van der Waals surface area contributed by atoms with E-state index in [1.165, 1.54) is 0 Å². The Morgan fingerprint density at radius 1 is 0.938 bits per heavy atom. The summed E-state index contributed by atoms with van der Waals surface area (Å²) in [5.41, 5.74) is 1.88. The average Bonchev–Trinajstić information content (AvgIpc) is 3.02. The van der Waals surface area contributed by atoms with Gasteiger partial charge in [0.25, 0.3) is 11.1 Å². The molecule has 1 aliphatic heterocycles. The lowest BCUT2D eigenvalue weighted by Crippen LogP contribution is -2.27. The molecule has 2 amide bonds. The molecule has 1 fully saturated rings. The van der Waals surface area contributed by atoms with Crippen LogP contribution in [0.15, 0.2) is 70.0 Å². The van der Waals surface area contributed by atoms with Crippen molar-refractivity contribution in [3.05, 3.63) is 96.2 Å². The van der Waals surface area contributed by atoms with Crippen LogP contribution in [0.3, 0.4) is 0 Å². The number of benzene rings is 3. The third-order valence-electron chi connectivity index (χ3n) is 4.54. The quantitative estimate of drug-likeness (QED) is 0.291. The Hall–Kier alpha value is -1.96. The molecule has 0 saturated carbocycles. The molecule has 0 bridgehead atoms. The number of imide groups is 1. The van der Waals surface area contributed by atoms with Crippen molar-refractivity contribution in [1.82, 2.24) is 0 Å². The van der Waals surface area contributed by atoms with E-state index >= 15 is 0 Å². The minimum Gasteiger partial charge on any atom is -0.488 e. The Kier molecular flexibility index (Phi) is 7.17. The summed E-state index contributed by atoms with van der Waals surface area (Å²) in [5.74, 6) is 0.131. The van der Waals surface area contributed by atoms with Gasteiger partial charge < -0.3 is 4.74 Å². The van der Waals surface area contributed by atoms with Gasteiger partial charge in [0, 0.05) is 30.7 Å². The Labute approximate surface area is 212 Å². The lowest BCUT2D eigenvalue weighted by atomic mass is 10.1. The fraction of sp³-hybridized carbons (Fsp3) is 0.0435. The van der Waals surface area contributed by atoms with E-state index in [0.717, 1.165) is 26.7 Å². The zero-order valence-electron chi connectivity index (χ0n) is 16.2. The molecule has 0 atom stereocenters. The fourth-order valence-corrected chi connectivity index (χ4v) is 4.78. The zero-order valence-corrected chi connectivity index (χ0v) is 20.8. The number of ether oxygens (including phenoxy) is 1. The third-order valence-corrected chi connectivity index (χ3v) is 6.74. The van der Waals surface area contributed by atoms with Crippen LogP contribution in [0.25, 0.3) is 6.08 Å². The molecule has 0 N–H and O–H groups in total. The molecule has 4 rings (SSSR count). The van der Waals surface area contributed by atoms with Gasteiger partial charge in [-0.15, -0.1) is 0 Å². The van der Waals surface area contributed by atoms with Crippen LogP contribution in [0.2, 0.25) is 15.1 Å². The standard InChI is InChI=1S/C23H13BrCl3NO3S/c24-15-2-8-20(31-12-13-1-3-17(26)11-19(13)27)14(9-15)10-21-22(29)28(23(30)32-21)18-6-4-16(25)5-7-18/h1-11H,12H2/b21-10+.